The molecule has 0 saturated carbocycles. The molecule has 6 heteroatoms. The predicted octanol–water partition coefficient (Wildman–Crippen LogP) is 0.899. The third-order valence-corrected chi connectivity index (χ3v) is 2.85. The van der Waals surface area contributed by atoms with E-state index in [-0.39, 0.29) is 0 Å². The number of anilines is 2. The Hall–Kier alpha value is -1.40. The smallest absolute Gasteiger partial charge is 0.227 e. The molecule has 0 amide bonds. The van der Waals surface area contributed by atoms with Crippen LogP contribution in [0.2, 0.25) is 0 Å². The molecule has 0 unspecified atom stereocenters. The number of nitrogens with two attached hydrogens (primary N) is 1. The third-order valence-electron chi connectivity index (χ3n) is 2.85. The van der Waals surface area contributed by atoms with Crippen LogP contribution in [0.3, 0.4) is 0 Å². The minimum atomic E-state index is 0.470. The number of nitrogens with zero attached hydrogens (tertiary/aromatic N) is 3. The highest BCUT2D eigenvalue weighted by atomic mass is 16.5. The van der Waals surface area contributed by atoms with Gasteiger partial charge in [-0.3, -0.25) is 0 Å². The monoisotopic (exact) mass is 237 g/mol. The fourth-order valence-corrected chi connectivity index (χ4v) is 2.01. The molecule has 0 spiro atoms. The van der Waals surface area contributed by atoms with Crippen LogP contribution in [-0.4, -0.2) is 30.2 Å². The number of ether oxygens (including phenoxy) is 1. The van der Waals surface area contributed by atoms with E-state index in [4.69, 9.17) is 10.6 Å². The Bertz CT molecular complexity index is 365. The Morgan fingerprint density at radius 1 is 1.35 bits per heavy atom. The second-order valence-corrected chi connectivity index (χ2v) is 4.17. The molecular weight excluding hydrogens is 218 g/mol. The highest BCUT2D eigenvalue weighted by molar-refractivity contribution is 5.43. The number of nitrogen functional groups attached to an aromatic ring is 1. The van der Waals surface area contributed by atoms with Gasteiger partial charge in [0.25, 0.3) is 0 Å². The molecule has 0 bridgehead atoms. The van der Waals surface area contributed by atoms with E-state index in [0.717, 1.165) is 24.7 Å². The number of hydrazine groups is 1. The summed E-state index contributed by atoms with van der Waals surface area (Å²) >= 11 is 0. The van der Waals surface area contributed by atoms with Crippen LogP contribution in [0.1, 0.15) is 25.0 Å². The molecular formula is C11H19N5O. The summed E-state index contributed by atoms with van der Waals surface area (Å²) in [4.78, 5) is 11.1. The summed E-state index contributed by atoms with van der Waals surface area (Å²) in [6.45, 7) is 2.50. The molecule has 1 aromatic rings. The molecule has 2 heterocycles. The quantitative estimate of drug-likeness (QED) is 0.598. The lowest BCUT2D eigenvalue weighted by Crippen LogP contribution is -2.31. The van der Waals surface area contributed by atoms with Crippen molar-refractivity contribution in [1.29, 1.82) is 0 Å². The maximum Gasteiger partial charge on any atom is 0.227 e. The molecule has 1 fully saturated rings. The van der Waals surface area contributed by atoms with Gasteiger partial charge in [-0.05, 0) is 19.3 Å². The predicted molar refractivity (Wildman–Crippen MR) is 66.6 cm³/mol. The summed E-state index contributed by atoms with van der Waals surface area (Å²) in [7, 11) is 1.65. The van der Waals surface area contributed by atoms with Crippen LogP contribution in [0.4, 0.5) is 11.8 Å². The Morgan fingerprint density at radius 3 is 2.76 bits per heavy atom. The van der Waals surface area contributed by atoms with Crippen molar-refractivity contribution in [3.05, 3.63) is 11.8 Å². The van der Waals surface area contributed by atoms with E-state index < -0.39 is 0 Å². The number of nitrogens with one attached hydrogen (secondary N) is 1. The molecule has 0 aliphatic carbocycles. The van der Waals surface area contributed by atoms with Crippen LogP contribution >= 0.6 is 0 Å². The van der Waals surface area contributed by atoms with Gasteiger partial charge < -0.3 is 15.1 Å². The molecule has 0 aromatic carbocycles. The average Bonchev–Trinajstić information content (AvgIpc) is 2.40. The summed E-state index contributed by atoms with van der Waals surface area (Å²) in [5.74, 6) is 6.79. The molecule has 94 valence electrons. The minimum Gasteiger partial charge on any atom is -0.378 e. The summed E-state index contributed by atoms with van der Waals surface area (Å²) < 4.78 is 5.09. The first kappa shape index (κ1) is 12.1. The fourth-order valence-electron chi connectivity index (χ4n) is 2.01. The van der Waals surface area contributed by atoms with Crippen molar-refractivity contribution in [3.8, 4) is 0 Å². The summed E-state index contributed by atoms with van der Waals surface area (Å²) in [5, 5.41) is 0. The van der Waals surface area contributed by atoms with Crippen LogP contribution in [-0.2, 0) is 11.3 Å². The Labute approximate surface area is 101 Å². The normalized spacial score (nSPS) is 16.0. The summed E-state index contributed by atoms with van der Waals surface area (Å²) in [6.07, 6.45) is 3.68. The SMILES string of the molecule is COCc1cc(NN)nc(N2CCCCC2)n1. The van der Waals surface area contributed by atoms with Gasteiger partial charge >= 0.3 is 0 Å². The number of piperidine rings is 1. The number of hydrogen-bond donors (Lipinski definition) is 2. The Kier molecular flexibility index (Phi) is 4.11. The molecule has 1 aliphatic rings. The maximum atomic E-state index is 5.41. The molecule has 17 heavy (non-hydrogen) atoms. The van der Waals surface area contributed by atoms with Gasteiger partial charge in [-0.2, -0.15) is 4.98 Å². The van der Waals surface area contributed by atoms with Gasteiger partial charge in [-0.15, -0.1) is 0 Å². The van der Waals surface area contributed by atoms with Crippen molar-refractivity contribution in [1.82, 2.24) is 9.97 Å². The molecule has 0 radical (unpaired) electrons. The lowest BCUT2D eigenvalue weighted by atomic mass is 10.1. The van der Waals surface area contributed by atoms with Crippen LogP contribution in [0.15, 0.2) is 6.07 Å². The van der Waals surface area contributed by atoms with E-state index in [1.165, 1.54) is 19.3 Å². The zero-order valence-corrected chi connectivity index (χ0v) is 10.1. The number of hydrogen-bond acceptors (Lipinski definition) is 6. The summed E-state index contributed by atoms with van der Waals surface area (Å²) in [5.41, 5.74) is 3.42. The first-order valence-electron chi connectivity index (χ1n) is 5.92. The van der Waals surface area contributed by atoms with Crippen LogP contribution < -0.4 is 16.2 Å². The molecule has 2 rings (SSSR count). The van der Waals surface area contributed by atoms with Crippen molar-refractivity contribution in [2.45, 2.75) is 25.9 Å². The van der Waals surface area contributed by atoms with Crippen molar-refractivity contribution < 1.29 is 4.74 Å². The Morgan fingerprint density at radius 2 is 2.12 bits per heavy atom. The van der Waals surface area contributed by atoms with Gasteiger partial charge in [0.1, 0.15) is 5.82 Å². The molecule has 1 aromatic heterocycles. The van der Waals surface area contributed by atoms with Crippen molar-refractivity contribution >= 4 is 11.8 Å². The van der Waals surface area contributed by atoms with Gasteiger partial charge in [0, 0.05) is 26.3 Å². The van der Waals surface area contributed by atoms with Crippen LogP contribution in [0, 0.1) is 0 Å². The fraction of sp³-hybridized carbons (Fsp3) is 0.636. The molecule has 1 aliphatic heterocycles. The van der Waals surface area contributed by atoms with Crippen molar-refractivity contribution in [2.75, 3.05) is 30.5 Å². The molecule has 1 saturated heterocycles. The van der Waals surface area contributed by atoms with E-state index in [1.54, 1.807) is 13.2 Å². The zero-order valence-electron chi connectivity index (χ0n) is 10.1. The topological polar surface area (TPSA) is 76.3 Å². The first-order valence-corrected chi connectivity index (χ1v) is 5.92. The Balaban J connectivity index is 2.21. The van der Waals surface area contributed by atoms with E-state index >= 15 is 0 Å². The third kappa shape index (κ3) is 3.04. The standard InChI is InChI=1S/C11H19N5O/c1-17-8-9-7-10(15-12)14-11(13-9)16-5-3-2-4-6-16/h7H,2-6,8,12H2,1H3,(H,13,14,15). The van der Waals surface area contributed by atoms with E-state index in [1.807, 2.05) is 0 Å². The van der Waals surface area contributed by atoms with Crippen LogP contribution in [0.5, 0.6) is 0 Å². The van der Waals surface area contributed by atoms with Gasteiger partial charge in [0.15, 0.2) is 0 Å². The molecule has 6 nitrogen and oxygen atoms in total. The second kappa shape index (κ2) is 5.79. The van der Waals surface area contributed by atoms with E-state index in [9.17, 15) is 0 Å². The number of rotatable bonds is 4. The zero-order chi connectivity index (χ0) is 12.1. The lowest BCUT2D eigenvalue weighted by molar-refractivity contribution is 0.181. The summed E-state index contributed by atoms with van der Waals surface area (Å²) in [6, 6.07) is 1.80. The first-order chi connectivity index (χ1) is 8.33. The number of aromatic nitrogens is 2. The maximum absolute atomic E-state index is 5.41. The van der Waals surface area contributed by atoms with Crippen molar-refractivity contribution in [3.63, 3.8) is 0 Å². The van der Waals surface area contributed by atoms with E-state index in [2.05, 4.69) is 20.3 Å². The van der Waals surface area contributed by atoms with Gasteiger partial charge in [-0.1, -0.05) is 0 Å². The van der Waals surface area contributed by atoms with Gasteiger partial charge in [0.05, 0.1) is 12.3 Å². The van der Waals surface area contributed by atoms with Crippen LogP contribution in [0.25, 0.3) is 0 Å². The average molecular weight is 237 g/mol. The lowest BCUT2D eigenvalue weighted by Gasteiger charge is -2.27. The van der Waals surface area contributed by atoms with Gasteiger partial charge in [0.2, 0.25) is 5.95 Å². The second-order valence-electron chi connectivity index (χ2n) is 4.17. The van der Waals surface area contributed by atoms with E-state index in [0.29, 0.717) is 12.4 Å². The molecule has 3 N–H and O–H groups in total. The van der Waals surface area contributed by atoms with Crippen molar-refractivity contribution in [2.24, 2.45) is 5.84 Å². The highest BCUT2D eigenvalue weighted by Crippen LogP contribution is 2.18. The highest BCUT2D eigenvalue weighted by Gasteiger charge is 2.15. The molecule has 0 atom stereocenters. The number of methoxy groups -OCH3 is 1. The minimum absolute atomic E-state index is 0.470. The largest absolute Gasteiger partial charge is 0.378 e. The van der Waals surface area contributed by atoms with Gasteiger partial charge in [-0.25, -0.2) is 10.8 Å².